The Balaban J connectivity index is 1.64. The molecule has 9 heteroatoms. The minimum Gasteiger partial charge on any atom is -0.507 e. The van der Waals surface area contributed by atoms with Gasteiger partial charge in [0.1, 0.15) is 11.3 Å². The Labute approximate surface area is 201 Å². The number of benzene rings is 3. The molecule has 0 spiro atoms. The molecule has 0 aliphatic carbocycles. The number of phenols is 1. The fourth-order valence-electron chi connectivity index (χ4n) is 2.96. The van der Waals surface area contributed by atoms with E-state index in [1.165, 1.54) is 30.0 Å². The molecule has 3 rings (SSSR count). The van der Waals surface area contributed by atoms with Crippen LogP contribution in [-0.4, -0.2) is 32.5 Å². The summed E-state index contributed by atoms with van der Waals surface area (Å²) in [6, 6.07) is 21.1. The van der Waals surface area contributed by atoms with Crippen LogP contribution < -0.4 is 16.0 Å². The van der Waals surface area contributed by atoms with Crippen LogP contribution >= 0.6 is 24.0 Å². The molecule has 170 valence electrons. The number of carbonyl (C=O) groups is 2. The summed E-state index contributed by atoms with van der Waals surface area (Å²) in [5, 5.41) is 27.8. The third kappa shape index (κ3) is 6.96. The van der Waals surface area contributed by atoms with E-state index in [1.54, 1.807) is 0 Å². The van der Waals surface area contributed by atoms with E-state index < -0.39 is 11.2 Å². The summed E-state index contributed by atoms with van der Waals surface area (Å²) in [7, 11) is 0. The predicted molar refractivity (Wildman–Crippen MR) is 136 cm³/mol. The number of para-hydroxylation sites is 1. The van der Waals surface area contributed by atoms with Gasteiger partial charge in [-0.25, -0.2) is 4.79 Å². The fourth-order valence-corrected chi connectivity index (χ4v) is 4.21. The first-order valence-corrected chi connectivity index (χ1v) is 11.4. The molecule has 0 aromatic heterocycles. The lowest BCUT2D eigenvalue weighted by molar-refractivity contribution is -0.115. The summed E-state index contributed by atoms with van der Waals surface area (Å²) in [6.45, 7) is 1.90. The molecule has 0 radical (unpaired) electrons. The lowest BCUT2D eigenvalue weighted by Gasteiger charge is -2.16. The van der Waals surface area contributed by atoms with Crippen molar-refractivity contribution in [3.8, 4) is 5.75 Å². The second-order valence-electron chi connectivity index (χ2n) is 7.01. The van der Waals surface area contributed by atoms with Gasteiger partial charge in [-0.05, 0) is 67.2 Å². The minimum absolute atomic E-state index is 0.260. The van der Waals surface area contributed by atoms with Crippen LogP contribution in [0.15, 0.2) is 77.7 Å². The first-order chi connectivity index (χ1) is 15.9. The number of carboxylic acids is 1. The van der Waals surface area contributed by atoms with E-state index in [0.717, 1.165) is 16.3 Å². The highest BCUT2D eigenvalue weighted by atomic mass is 32.2. The highest BCUT2D eigenvalue weighted by Crippen LogP contribution is 2.29. The van der Waals surface area contributed by atoms with Crippen molar-refractivity contribution in [3.63, 3.8) is 0 Å². The normalized spacial score (nSPS) is 11.3. The zero-order valence-corrected chi connectivity index (χ0v) is 19.4. The van der Waals surface area contributed by atoms with Crippen molar-refractivity contribution < 1.29 is 19.8 Å². The number of carbonyl (C=O) groups excluding carboxylic acids is 1. The smallest absolute Gasteiger partial charge is 0.339 e. The molecule has 7 nitrogen and oxygen atoms in total. The molecule has 1 unspecified atom stereocenters. The Morgan fingerprint density at radius 2 is 1.58 bits per heavy atom. The van der Waals surface area contributed by atoms with Crippen molar-refractivity contribution in [3.05, 3.63) is 78.4 Å². The molecule has 0 saturated carbocycles. The van der Waals surface area contributed by atoms with Gasteiger partial charge in [-0.3, -0.25) is 4.79 Å². The molecule has 3 aromatic rings. The first kappa shape index (κ1) is 24.1. The lowest BCUT2D eigenvalue weighted by atomic mass is 10.1. The number of carboxylic acid groups (broad SMARTS) is 1. The van der Waals surface area contributed by atoms with Gasteiger partial charge < -0.3 is 26.2 Å². The van der Waals surface area contributed by atoms with Gasteiger partial charge in [0.25, 0.3) is 0 Å². The average molecular weight is 482 g/mol. The summed E-state index contributed by atoms with van der Waals surface area (Å²) in [6.07, 6.45) is 0.562. The second kappa shape index (κ2) is 11.3. The summed E-state index contributed by atoms with van der Waals surface area (Å²) < 4.78 is 0. The molecule has 0 aliphatic rings. The van der Waals surface area contributed by atoms with Gasteiger partial charge >= 0.3 is 5.97 Å². The van der Waals surface area contributed by atoms with Gasteiger partial charge in [0.05, 0.1) is 5.25 Å². The highest BCUT2D eigenvalue weighted by molar-refractivity contribution is 8.00. The number of nitrogens with one attached hydrogen (secondary N) is 3. The van der Waals surface area contributed by atoms with Gasteiger partial charge in [0, 0.05) is 22.0 Å². The van der Waals surface area contributed by atoms with Crippen LogP contribution in [-0.2, 0) is 4.79 Å². The number of thioether (sulfide) groups is 1. The third-order valence-corrected chi connectivity index (χ3v) is 6.12. The highest BCUT2D eigenvalue weighted by Gasteiger charge is 2.19. The van der Waals surface area contributed by atoms with E-state index in [1.807, 2.05) is 61.5 Å². The van der Waals surface area contributed by atoms with Gasteiger partial charge in [-0.2, -0.15) is 0 Å². The SMILES string of the molecule is CCC(Sc1cccc(NC(=S)Nc2ccccc2)c1)C(=O)Nc1ccc(O)c(C(=O)O)c1. The maximum atomic E-state index is 12.8. The Morgan fingerprint density at radius 3 is 2.27 bits per heavy atom. The molecule has 0 aliphatic heterocycles. The lowest BCUT2D eigenvalue weighted by Crippen LogP contribution is -2.24. The number of anilines is 3. The molecule has 0 fully saturated rings. The van der Waals surface area contributed by atoms with Crippen LogP contribution in [0.5, 0.6) is 5.75 Å². The zero-order chi connectivity index (χ0) is 23.8. The molecule has 0 heterocycles. The van der Waals surface area contributed by atoms with Crippen LogP contribution in [0.1, 0.15) is 23.7 Å². The molecule has 0 bridgehead atoms. The minimum atomic E-state index is -1.27. The number of amides is 1. The van der Waals surface area contributed by atoms with Crippen LogP contribution in [0.4, 0.5) is 17.1 Å². The Hall–Kier alpha value is -3.56. The van der Waals surface area contributed by atoms with Crippen molar-refractivity contribution in [2.24, 2.45) is 0 Å². The predicted octanol–water partition coefficient (Wildman–Crippen LogP) is 5.41. The van der Waals surface area contributed by atoms with Crippen LogP contribution in [0.3, 0.4) is 0 Å². The third-order valence-electron chi connectivity index (χ3n) is 4.56. The number of hydrogen-bond acceptors (Lipinski definition) is 5. The van der Waals surface area contributed by atoms with E-state index in [2.05, 4.69) is 16.0 Å². The van der Waals surface area contributed by atoms with Crippen LogP contribution in [0.2, 0.25) is 0 Å². The van der Waals surface area contributed by atoms with Crippen molar-refractivity contribution >= 4 is 58.0 Å². The summed E-state index contributed by atoms with van der Waals surface area (Å²) in [5.41, 5.74) is 1.70. The maximum Gasteiger partial charge on any atom is 0.339 e. The Morgan fingerprint density at radius 1 is 0.909 bits per heavy atom. The van der Waals surface area contributed by atoms with E-state index in [9.17, 15) is 14.7 Å². The summed E-state index contributed by atoms with van der Waals surface area (Å²) in [4.78, 5) is 24.9. The Bertz CT molecular complexity index is 1160. The topological polar surface area (TPSA) is 111 Å². The van der Waals surface area contributed by atoms with Crippen molar-refractivity contribution in [2.45, 2.75) is 23.5 Å². The molecule has 3 aromatic carbocycles. The molecular weight excluding hydrogens is 458 g/mol. The Kier molecular flexibility index (Phi) is 8.28. The van der Waals surface area contributed by atoms with Gasteiger partial charge in [-0.1, -0.05) is 31.2 Å². The molecular formula is C24H23N3O4S2. The zero-order valence-electron chi connectivity index (χ0n) is 17.7. The van der Waals surface area contributed by atoms with Crippen molar-refractivity contribution in [1.29, 1.82) is 0 Å². The van der Waals surface area contributed by atoms with E-state index in [4.69, 9.17) is 17.3 Å². The standard InChI is InChI=1S/C24H23N3O4S2/c1-2-21(22(29)25-17-11-12-20(28)19(14-17)23(30)31)33-18-10-6-9-16(13-18)27-24(32)26-15-7-4-3-5-8-15/h3-14,21,28H,2H2,1H3,(H,25,29)(H,30,31)(H2,26,27,32). The summed E-state index contributed by atoms with van der Waals surface area (Å²) >= 11 is 6.77. The van der Waals surface area contributed by atoms with Crippen molar-refractivity contribution in [1.82, 2.24) is 0 Å². The number of aromatic carboxylic acids is 1. The second-order valence-corrected chi connectivity index (χ2v) is 8.70. The quantitative estimate of drug-likeness (QED) is 0.165. The van der Waals surface area contributed by atoms with Gasteiger partial charge in [0.2, 0.25) is 5.91 Å². The molecule has 5 N–H and O–H groups in total. The monoisotopic (exact) mass is 481 g/mol. The number of hydrogen-bond donors (Lipinski definition) is 5. The van der Waals surface area contributed by atoms with Crippen LogP contribution in [0, 0.1) is 0 Å². The van der Waals surface area contributed by atoms with Crippen molar-refractivity contribution in [2.75, 3.05) is 16.0 Å². The number of aromatic hydroxyl groups is 1. The summed E-state index contributed by atoms with van der Waals surface area (Å²) in [5.74, 6) is -1.89. The number of rotatable bonds is 8. The molecule has 1 atom stereocenters. The van der Waals surface area contributed by atoms with E-state index in [-0.39, 0.29) is 17.2 Å². The first-order valence-electron chi connectivity index (χ1n) is 10.1. The maximum absolute atomic E-state index is 12.8. The molecule has 33 heavy (non-hydrogen) atoms. The largest absolute Gasteiger partial charge is 0.507 e. The van der Waals surface area contributed by atoms with Gasteiger partial charge in [-0.15, -0.1) is 11.8 Å². The number of thiocarbonyl (C=S) groups is 1. The van der Waals surface area contributed by atoms with Gasteiger partial charge in [0.15, 0.2) is 5.11 Å². The molecule has 1 amide bonds. The average Bonchev–Trinajstić information content (AvgIpc) is 2.79. The van der Waals surface area contributed by atoms with E-state index >= 15 is 0 Å². The molecule has 0 saturated heterocycles. The van der Waals surface area contributed by atoms with E-state index in [0.29, 0.717) is 17.2 Å². The fraction of sp³-hybridized carbons (Fsp3) is 0.125. The van der Waals surface area contributed by atoms with Crippen LogP contribution in [0.25, 0.3) is 0 Å².